The number of nitrogens with one attached hydrogen (secondary N) is 1. The largest absolute Gasteiger partial charge is 0.379 e. The summed E-state index contributed by atoms with van der Waals surface area (Å²) in [5.74, 6) is -0.181. The Kier molecular flexibility index (Phi) is 6.04. The van der Waals surface area contributed by atoms with Gasteiger partial charge in [-0.15, -0.1) is 0 Å². The van der Waals surface area contributed by atoms with E-state index in [1.165, 1.54) is 0 Å². The average Bonchev–Trinajstić information content (AvgIpc) is 2.65. The molecule has 2 heterocycles. The number of morpholine rings is 1. The highest BCUT2D eigenvalue weighted by Crippen LogP contribution is 2.21. The van der Waals surface area contributed by atoms with Crippen molar-refractivity contribution in [2.75, 3.05) is 46.4 Å². The second-order valence-corrected chi connectivity index (χ2v) is 6.89. The van der Waals surface area contributed by atoms with E-state index in [-0.39, 0.29) is 23.8 Å². The summed E-state index contributed by atoms with van der Waals surface area (Å²) in [5.41, 5.74) is 1.10. The number of ether oxygens (including phenoxy) is 1. The van der Waals surface area contributed by atoms with Crippen LogP contribution in [0.15, 0.2) is 30.3 Å². The van der Waals surface area contributed by atoms with Crippen LogP contribution in [-0.4, -0.2) is 68.1 Å². The first-order chi connectivity index (χ1) is 12.1. The van der Waals surface area contributed by atoms with Crippen molar-refractivity contribution in [1.29, 1.82) is 0 Å². The van der Waals surface area contributed by atoms with Crippen LogP contribution in [0.4, 0.5) is 0 Å². The van der Waals surface area contributed by atoms with Crippen LogP contribution in [0.1, 0.15) is 24.4 Å². The van der Waals surface area contributed by atoms with Crippen molar-refractivity contribution < 1.29 is 14.3 Å². The zero-order chi connectivity index (χ0) is 17.6. The molecule has 2 aliphatic heterocycles. The Hall–Kier alpha value is -1.92. The van der Waals surface area contributed by atoms with E-state index in [1.54, 1.807) is 11.9 Å². The first-order valence-corrected chi connectivity index (χ1v) is 9.03. The van der Waals surface area contributed by atoms with Crippen LogP contribution in [0.25, 0.3) is 0 Å². The molecule has 1 N–H and O–H groups in total. The van der Waals surface area contributed by atoms with Crippen LogP contribution in [0, 0.1) is 5.92 Å². The maximum absolute atomic E-state index is 12.8. The molecule has 6 heteroatoms. The fourth-order valence-corrected chi connectivity index (χ4v) is 3.42. The molecule has 2 aliphatic rings. The summed E-state index contributed by atoms with van der Waals surface area (Å²) >= 11 is 0. The van der Waals surface area contributed by atoms with Gasteiger partial charge in [0.05, 0.1) is 19.3 Å². The van der Waals surface area contributed by atoms with E-state index in [4.69, 9.17) is 4.74 Å². The monoisotopic (exact) mass is 345 g/mol. The van der Waals surface area contributed by atoms with E-state index in [1.807, 2.05) is 30.3 Å². The van der Waals surface area contributed by atoms with Gasteiger partial charge in [0, 0.05) is 45.6 Å². The van der Waals surface area contributed by atoms with Crippen LogP contribution in [-0.2, 0) is 14.3 Å². The minimum atomic E-state index is -0.223. The molecule has 2 atom stereocenters. The topological polar surface area (TPSA) is 61.9 Å². The minimum Gasteiger partial charge on any atom is -0.379 e. The normalized spacial score (nSPS) is 23.3. The maximum atomic E-state index is 12.8. The van der Waals surface area contributed by atoms with E-state index in [2.05, 4.69) is 10.2 Å². The quantitative estimate of drug-likeness (QED) is 0.866. The summed E-state index contributed by atoms with van der Waals surface area (Å²) < 4.78 is 5.41. The molecule has 136 valence electrons. The summed E-state index contributed by atoms with van der Waals surface area (Å²) in [5, 5.41) is 3.19. The third-order valence-electron chi connectivity index (χ3n) is 5.09. The minimum absolute atomic E-state index is 0.0106. The molecule has 0 spiro atoms. The van der Waals surface area contributed by atoms with Crippen molar-refractivity contribution >= 4 is 11.8 Å². The lowest BCUT2D eigenvalue weighted by Gasteiger charge is -2.33. The summed E-state index contributed by atoms with van der Waals surface area (Å²) in [6.45, 7) is 4.64. The zero-order valence-electron chi connectivity index (χ0n) is 14.8. The predicted octanol–water partition coefficient (Wildman–Crippen LogP) is 1.04. The van der Waals surface area contributed by atoms with Crippen molar-refractivity contribution in [3.05, 3.63) is 35.9 Å². The van der Waals surface area contributed by atoms with Gasteiger partial charge in [0.1, 0.15) is 0 Å². The van der Waals surface area contributed by atoms with Gasteiger partial charge in [0.15, 0.2) is 0 Å². The van der Waals surface area contributed by atoms with Gasteiger partial charge in [0.2, 0.25) is 11.8 Å². The standard InChI is InChI=1S/C19H27N3O3/c1-21-8-7-16(13-18(21)23)19(24)20-17(15-5-3-2-4-6-15)14-22-9-11-25-12-10-22/h2-6,16-17H,7-14H2,1H3,(H,20,24)/t16-,17+/m0/s1. The highest BCUT2D eigenvalue weighted by Gasteiger charge is 2.30. The second kappa shape index (κ2) is 8.45. The van der Waals surface area contributed by atoms with Gasteiger partial charge in [0.25, 0.3) is 0 Å². The molecule has 25 heavy (non-hydrogen) atoms. The molecule has 2 fully saturated rings. The fraction of sp³-hybridized carbons (Fsp3) is 0.579. The molecule has 0 aliphatic carbocycles. The van der Waals surface area contributed by atoms with E-state index in [0.717, 1.165) is 44.8 Å². The molecule has 2 saturated heterocycles. The van der Waals surface area contributed by atoms with E-state index in [9.17, 15) is 9.59 Å². The molecule has 1 aromatic carbocycles. The number of likely N-dealkylation sites (tertiary alicyclic amines) is 1. The highest BCUT2D eigenvalue weighted by atomic mass is 16.5. The van der Waals surface area contributed by atoms with Gasteiger partial charge in [-0.25, -0.2) is 0 Å². The fourth-order valence-electron chi connectivity index (χ4n) is 3.42. The van der Waals surface area contributed by atoms with Crippen molar-refractivity contribution in [2.24, 2.45) is 5.92 Å². The van der Waals surface area contributed by atoms with Crippen molar-refractivity contribution in [2.45, 2.75) is 18.9 Å². The Morgan fingerprint density at radius 3 is 2.64 bits per heavy atom. The van der Waals surface area contributed by atoms with Crippen molar-refractivity contribution in [3.8, 4) is 0 Å². The molecule has 2 amide bonds. The second-order valence-electron chi connectivity index (χ2n) is 6.89. The van der Waals surface area contributed by atoms with Gasteiger partial charge >= 0.3 is 0 Å². The van der Waals surface area contributed by atoms with Crippen LogP contribution in [0.2, 0.25) is 0 Å². The number of carbonyl (C=O) groups excluding carboxylic acids is 2. The van der Waals surface area contributed by atoms with Gasteiger partial charge in [-0.2, -0.15) is 0 Å². The van der Waals surface area contributed by atoms with Gasteiger partial charge in [-0.05, 0) is 12.0 Å². The Morgan fingerprint density at radius 1 is 1.24 bits per heavy atom. The lowest BCUT2D eigenvalue weighted by Crippen LogP contribution is -2.46. The lowest BCUT2D eigenvalue weighted by molar-refractivity contribution is -0.139. The number of amides is 2. The van der Waals surface area contributed by atoms with Gasteiger partial charge < -0.3 is 15.0 Å². The lowest BCUT2D eigenvalue weighted by atomic mass is 9.94. The van der Waals surface area contributed by atoms with E-state index in [0.29, 0.717) is 13.0 Å². The summed E-state index contributed by atoms with van der Waals surface area (Å²) in [4.78, 5) is 28.7. The summed E-state index contributed by atoms with van der Waals surface area (Å²) in [7, 11) is 1.79. The molecule has 0 unspecified atom stereocenters. The number of benzene rings is 1. The highest BCUT2D eigenvalue weighted by molar-refractivity contribution is 5.87. The van der Waals surface area contributed by atoms with E-state index >= 15 is 0 Å². The van der Waals surface area contributed by atoms with Crippen LogP contribution < -0.4 is 5.32 Å². The van der Waals surface area contributed by atoms with Gasteiger partial charge in [-0.3, -0.25) is 14.5 Å². The predicted molar refractivity (Wildman–Crippen MR) is 94.9 cm³/mol. The molecule has 0 aromatic heterocycles. The SMILES string of the molecule is CN1CC[C@H](C(=O)N[C@H](CN2CCOCC2)c2ccccc2)CC1=O. The first kappa shape index (κ1) is 17.9. The molecular formula is C19H27N3O3. The zero-order valence-corrected chi connectivity index (χ0v) is 14.8. The first-order valence-electron chi connectivity index (χ1n) is 9.03. The number of hydrogen-bond donors (Lipinski definition) is 1. The number of carbonyl (C=O) groups is 2. The average molecular weight is 345 g/mol. The van der Waals surface area contributed by atoms with Crippen molar-refractivity contribution in [1.82, 2.24) is 15.1 Å². The number of rotatable bonds is 5. The van der Waals surface area contributed by atoms with Crippen LogP contribution in [0.3, 0.4) is 0 Å². The molecule has 3 rings (SSSR count). The van der Waals surface area contributed by atoms with E-state index < -0.39 is 0 Å². The molecule has 0 radical (unpaired) electrons. The van der Waals surface area contributed by atoms with Crippen LogP contribution >= 0.6 is 0 Å². The Bertz CT molecular complexity index is 587. The van der Waals surface area contributed by atoms with Crippen molar-refractivity contribution in [3.63, 3.8) is 0 Å². The van der Waals surface area contributed by atoms with Crippen LogP contribution in [0.5, 0.6) is 0 Å². The Morgan fingerprint density at radius 2 is 1.96 bits per heavy atom. The smallest absolute Gasteiger partial charge is 0.224 e. The summed E-state index contributed by atoms with van der Waals surface area (Å²) in [6, 6.07) is 9.99. The van der Waals surface area contributed by atoms with Gasteiger partial charge in [-0.1, -0.05) is 30.3 Å². The third-order valence-corrected chi connectivity index (χ3v) is 5.09. The third kappa shape index (κ3) is 4.80. The molecule has 0 saturated carbocycles. The maximum Gasteiger partial charge on any atom is 0.224 e. The number of nitrogens with zero attached hydrogens (tertiary/aromatic N) is 2. The molecule has 0 bridgehead atoms. The molecular weight excluding hydrogens is 318 g/mol. The Labute approximate surface area is 149 Å². The summed E-state index contributed by atoms with van der Waals surface area (Å²) in [6.07, 6.45) is 1.04. The molecule has 6 nitrogen and oxygen atoms in total. The Balaban J connectivity index is 1.66. The molecule has 1 aromatic rings. The number of hydrogen-bond acceptors (Lipinski definition) is 4. The number of piperidine rings is 1.